The van der Waals surface area contributed by atoms with Crippen LogP contribution in [0.2, 0.25) is 0 Å². The average Bonchev–Trinajstić information content (AvgIpc) is 2.57. The Balaban J connectivity index is 1.39. The molecule has 4 N–H and O–H groups in total. The van der Waals surface area contributed by atoms with Crippen molar-refractivity contribution in [2.24, 2.45) is 5.92 Å². The Morgan fingerprint density at radius 3 is 1.86 bits per heavy atom. The number of nitrogens with one attached hydrogen (secondary N) is 3. The Labute approximate surface area is 136 Å². The van der Waals surface area contributed by atoms with Crippen molar-refractivity contribution in [3.63, 3.8) is 0 Å². The Kier molecular flexibility index (Phi) is 6.14. The normalized spacial score (nSPS) is 43.9. The van der Waals surface area contributed by atoms with Crippen LogP contribution in [0.25, 0.3) is 0 Å². The van der Waals surface area contributed by atoms with E-state index < -0.39 is 0 Å². The Morgan fingerprint density at radius 2 is 1.27 bits per heavy atom. The van der Waals surface area contributed by atoms with E-state index >= 15 is 0 Å². The van der Waals surface area contributed by atoms with Gasteiger partial charge in [0.2, 0.25) is 0 Å². The highest BCUT2D eigenvalue weighted by Gasteiger charge is 2.36. The molecule has 128 valence electrons. The van der Waals surface area contributed by atoms with Crippen molar-refractivity contribution in [2.75, 3.05) is 52.4 Å². The monoisotopic (exact) mass is 312 g/mol. The molecule has 0 aromatic carbocycles. The molecule has 3 aliphatic rings. The summed E-state index contributed by atoms with van der Waals surface area (Å²) in [5.41, 5.74) is 0. The molecule has 3 rings (SSSR count). The molecule has 4 nitrogen and oxygen atoms in total. The number of piperazine rings is 1. The van der Waals surface area contributed by atoms with E-state index in [1.54, 1.807) is 4.90 Å². The summed E-state index contributed by atoms with van der Waals surface area (Å²) in [4.78, 5) is 5.43. The number of rotatable bonds is 4. The summed E-state index contributed by atoms with van der Waals surface area (Å²) in [6, 6.07) is 1.92. The zero-order valence-electron chi connectivity index (χ0n) is 14.6. The van der Waals surface area contributed by atoms with Gasteiger partial charge in [0.05, 0.1) is 31.8 Å². The highest BCUT2D eigenvalue weighted by atomic mass is 16.3. The van der Waals surface area contributed by atoms with E-state index in [1.165, 1.54) is 77.8 Å². The van der Waals surface area contributed by atoms with Crippen molar-refractivity contribution < 1.29 is 19.8 Å². The Morgan fingerprint density at radius 1 is 0.727 bits per heavy atom. The van der Waals surface area contributed by atoms with Gasteiger partial charge in [0.25, 0.3) is 0 Å². The predicted octanol–water partition coefficient (Wildman–Crippen LogP) is -2.61. The summed E-state index contributed by atoms with van der Waals surface area (Å²) in [6.07, 6.45) is 8.81. The fraction of sp³-hybridized carbons (Fsp3) is 1.00. The molecule has 4 heteroatoms. The minimum atomic E-state index is 0.354. The lowest BCUT2D eigenvalue weighted by molar-refractivity contribution is -1.03. The van der Waals surface area contributed by atoms with E-state index in [-0.39, 0.29) is 0 Å². The van der Waals surface area contributed by atoms with Crippen LogP contribution in [0.3, 0.4) is 0 Å². The van der Waals surface area contributed by atoms with Gasteiger partial charge in [-0.3, -0.25) is 0 Å². The fourth-order valence-corrected chi connectivity index (χ4v) is 5.21. The third-order valence-corrected chi connectivity index (χ3v) is 6.86. The van der Waals surface area contributed by atoms with Crippen LogP contribution in [0.15, 0.2) is 0 Å². The lowest BCUT2D eigenvalue weighted by Gasteiger charge is -2.40. The van der Waals surface area contributed by atoms with Gasteiger partial charge in [-0.05, 0) is 31.6 Å². The van der Waals surface area contributed by atoms with Gasteiger partial charge in [-0.15, -0.1) is 0 Å². The second kappa shape index (κ2) is 8.09. The standard InChI is InChI=1S/C18H35N3O/c1-16-2-4-17(5-3-16)20-8-6-18(7-9-20)21-12-10-19(11-13-21)14-15-22/h16-18,22H,2-15H2,1H3/p+3. The molecule has 0 spiro atoms. The molecule has 0 amide bonds. The molecule has 3 fully saturated rings. The van der Waals surface area contributed by atoms with E-state index in [9.17, 15) is 0 Å². The summed E-state index contributed by atoms with van der Waals surface area (Å²) >= 11 is 0. The summed E-state index contributed by atoms with van der Waals surface area (Å²) in [7, 11) is 0. The number of quaternary nitrogens is 3. The molecule has 0 aromatic heterocycles. The SMILES string of the molecule is CC1CCC([NH+]2CCC([NH+]3CC[NH+](CCO)CC3)CC2)CC1. The van der Waals surface area contributed by atoms with Crippen LogP contribution in [0.1, 0.15) is 45.4 Å². The Bertz CT molecular complexity index is 314. The molecule has 2 aliphatic heterocycles. The second-order valence-electron chi connectivity index (χ2n) is 8.27. The van der Waals surface area contributed by atoms with Gasteiger partial charge >= 0.3 is 0 Å². The average molecular weight is 313 g/mol. The lowest BCUT2D eigenvalue weighted by Crippen LogP contribution is -3.30. The third kappa shape index (κ3) is 4.22. The molecule has 0 aromatic rings. The zero-order chi connectivity index (χ0) is 15.4. The van der Waals surface area contributed by atoms with E-state index in [1.807, 2.05) is 9.80 Å². The van der Waals surface area contributed by atoms with E-state index in [4.69, 9.17) is 5.11 Å². The minimum Gasteiger partial charge on any atom is -0.391 e. The maximum Gasteiger partial charge on any atom is 0.127 e. The number of piperidine rings is 1. The van der Waals surface area contributed by atoms with Crippen molar-refractivity contribution in [1.29, 1.82) is 0 Å². The number of aliphatic hydroxyl groups excluding tert-OH is 1. The zero-order valence-corrected chi connectivity index (χ0v) is 14.6. The maximum absolute atomic E-state index is 9.07. The quantitative estimate of drug-likeness (QED) is 0.451. The minimum absolute atomic E-state index is 0.354. The molecule has 0 unspecified atom stereocenters. The van der Waals surface area contributed by atoms with Gasteiger partial charge in [0.1, 0.15) is 32.7 Å². The van der Waals surface area contributed by atoms with Crippen LogP contribution in [0, 0.1) is 5.92 Å². The van der Waals surface area contributed by atoms with E-state index in [0.29, 0.717) is 6.61 Å². The highest BCUT2D eigenvalue weighted by molar-refractivity contribution is 4.71. The molecule has 2 heterocycles. The van der Waals surface area contributed by atoms with E-state index in [0.717, 1.165) is 24.5 Å². The lowest BCUT2D eigenvalue weighted by atomic mass is 9.85. The van der Waals surface area contributed by atoms with E-state index in [2.05, 4.69) is 6.92 Å². The van der Waals surface area contributed by atoms with Crippen LogP contribution in [0.5, 0.6) is 0 Å². The van der Waals surface area contributed by atoms with Gasteiger partial charge in [-0.2, -0.15) is 0 Å². The largest absolute Gasteiger partial charge is 0.391 e. The van der Waals surface area contributed by atoms with Crippen LogP contribution in [-0.4, -0.2) is 69.6 Å². The summed E-state index contributed by atoms with van der Waals surface area (Å²) in [6.45, 7) is 11.8. The van der Waals surface area contributed by atoms with Crippen LogP contribution >= 0.6 is 0 Å². The summed E-state index contributed by atoms with van der Waals surface area (Å²) in [5, 5.41) is 9.07. The van der Waals surface area contributed by atoms with Crippen molar-refractivity contribution in [3.05, 3.63) is 0 Å². The van der Waals surface area contributed by atoms with Gasteiger partial charge in [-0.25, -0.2) is 0 Å². The van der Waals surface area contributed by atoms with Gasteiger partial charge < -0.3 is 19.8 Å². The molecular formula is C18H38N3O+3. The van der Waals surface area contributed by atoms with Gasteiger partial charge in [0.15, 0.2) is 0 Å². The molecule has 1 saturated carbocycles. The molecule has 0 radical (unpaired) electrons. The summed E-state index contributed by atoms with van der Waals surface area (Å²) in [5.74, 6) is 0.982. The van der Waals surface area contributed by atoms with Crippen molar-refractivity contribution in [1.82, 2.24) is 0 Å². The van der Waals surface area contributed by atoms with Crippen LogP contribution in [-0.2, 0) is 0 Å². The number of hydrogen-bond acceptors (Lipinski definition) is 1. The first-order valence-electron chi connectivity index (χ1n) is 9.90. The molecule has 2 saturated heterocycles. The fourth-order valence-electron chi connectivity index (χ4n) is 5.21. The highest BCUT2D eigenvalue weighted by Crippen LogP contribution is 2.22. The van der Waals surface area contributed by atoms with Crippen LogP contribution in [0.4, 0.5) is 0 Å². The van der Waals surface area contributed by atoms with Crippen molar-refractivity contribution in [2.45, 2.75) is 57.5 Å². The summed E-state index contributed by atoms with van der Waals surface area (Å²) < 4.78 is 0. The van der Waals surface area contributed by atoms with Gasteiger partial charge in [-0.1, -0.05) is 6.92 Å². The molecular weight excluding hydrogens is 274 g/mol. The first kappa shape index (κ1) is 16.7. The smallest absolute Gasteiger partial charge is 0.127 e. The predicted molar refractivity (Wildman–Crippen MR) is 88.5 cm³/mol. The molecule has 1 aliphatic carbocycles. The molecule has 0 atom stereocenters. The third-order valence-electron chi connectivity index (χ3n) is 6.86. The van der Waals surface area contributed by atoms with Crippen LogP contribution < -0.4 is 14.7 Å². The number of aliphatic hydroxyl groups is 1. The molecule has 22 heavy (non-hydrogen) atoms. The maximum atomic E-state index is 9.07. The van der Waals surface area contributed by atoms with Crippen molar-refractivity contribution in [3.8, 4) is 0 Å². The second-order valence-corrected chi connectivity index (χ2v) is 8.27. The first-order valence-corrected chi connectivity index (χ1v) is 9.90. The number of hydrogen-bond donors (Lipinski definition) is 4. The Hall–Kier alpha value is -0.160. The number of likely N-dealkylation sites (tertiary alicyclic amines) is 1. The van der Waals surface area contributed by atoms with Gasteiger partial charge in [0, 0.05) is 12.8 Å². The first-order chi connectivity index (χ1) is 10.8. The topological polar surface area (TPSA) is 33.5 Å². The molecule has 0 bridgehead atoms. The van der Waals surface area contributed by atoms with Crippen molar-refractivity contribution >= 4 is 0 Å².